The predicted molar refractivity (Wildman–Crippen MR) is 141 cm³/mol. The fourth-order valence-corrected chi connectivity index (χ4v) is 5.44. The second kappa shape index (κ2) is 10.7. The Labute approximate surface area is 216 Å². The molecule has 5 rings (SSSR count). The van der Waals surface area contributed by atoms with Gasteiger partial charge in [-0.3, -0.25) is 14.6 Å². The number of aliphatic hydroxyl groups excluding tert-OH is 1. The Morgan fingerprint density at radius 2 is 1.97 bits per heavy atom. The molecule has 192 valence electrons. The summed E-state index contributed by atoms with van der Waals surface area (Å²) < 4.78 is 34.4. The number of pyridine rings is 1. The number of fused-ring (bicyclic) bond motifs is 1. The fraction of sp³-hybridized carbons (Fsp3) is 0.259. The number of oxazole rings is 1. The molecule has 0 amide bonds. The molecule has 1 aliphatic rings. The summed E-state index contributed by atoms with van der Waals surface area (Å²) in [4.78, 5) is 10.5. The van der Waals surface area contributed by atoms with Crippen molar-refractivity contribution in [2.24, 2.45) is 0 Å². The van der Waals surface area contributed by atoms with Crippen LogP contribution >= 0.6 is 0 Å². The summed E-state index contributed by atoms with van der Waals surface area (Å²) in [6.07, 6.45) is 5.85. The van der Waals surface area contributed by atoms with Crippen molar-refractivity contribution in [2.45, 2.75) is 30.8 Å². The van der Waals surface area contributed by atoms with Crippen LogP contribution in [0, 0.1) is 6.92 Å². The lowest BCUT2D eigenvalue weighted by atomic mass is 10.1. The number of hydrogen-bond acceptors (Lipinski definition) is 8. The highest BCUT2D eigenvalue weighted by Crippen LogP contribution is 2.35. The Morgan fingerprint density at radius 1 is 1.14 bits per heavy atom. The lowest BCUT2D eigenvalue weighted by molar-refractivity contribution is 0.174. The summed E-state index contributed by atoms with van der Waals surface area (Å²) in [5.74, 6) is 0.730. The Bertz CT molecular complexity index is 1460. The van der Waals surface area contributed by atoms with Gasteiger partial charge in [0.15, 0.2) is 0 Å². The summed E-state index contributed by atoms with van der Waals surface area (Å²) in [6, 6.07) is 16.6. The summed E-state index contributed by atoms with van der Waals surface area (Å²) in [5, 5.41) is 13.4. The molecule has 1 atom stereocenters. The number of rotatable bonds is 10. The second-order valence-corrected chi connectivity index (χ2v) is 10.7. The highest BCUT2D eigenvalue weighted by atomic mass is 32.2. The van der Waals surface area contributed by atoms with Crippen LogP contribution in [0.3, 0.4) is 0 Å². The van der Waals surface area contributed by atoms with E-state index in [1.54, 1.807) is 55.0 Å². The highest BCUT2D eigenvalue weighted by molar-refractivity contribution is 7.92. The Balaban J connectivity index is 1.16. The molecule has 0 spiro atoms. The fourth-order valence-electron chi connectivity index (χ4n) is 4.33. The number of nitrogens with zero attached hydrogens (tertiary/aromatic N) is 3. The molecule has 2 aromatic carbocycles. The van der Waals surface area contributed by atoms with Crippen molar-refractivity contribution in [3.05, 3.63) is 95.6 Å². The third-order valence-electron chi connectivity index (χ3n) is 6.30. The topological polar surface area (TPSA) is 121 Å². The van der Waals surface area contributed by atoms with Gasteiger partial charge in [0.05, 0.1) is 17.2 Å². The maximum atomic E-state index is 13.0. The van der Waals surface area contributed by atoms with Gasteiger partial charge < -0.3 is 14.8 Å². The molecule has 37 heavy (non-hydrogen) atoms. The first kappa shape index (κ1) is 24.9. The maximum absolute atomic E-state index is 13.0. The van der Waals surface area contributed by atoms with Crippen LogP contribution in [0.15, 0.2) is 82.5 Å². The van der Waals surface area contributed by atoms with Gasteiger partial charge in [0, 0.05) is 42.4 Å². The van der Waals surface area contributed by atoms with Gasteiger partial charge in [0.25, 0.3) is 10.0 Å². The molecular formula is C27H29N5O4S. The van der Waals surface area contributed by atoms with Crippen LogP contribution in [0.1, 0.15) is 28.6 Å². The number of aromatic nitrogens is 2. The maximum Gasteiger partial charge on any atom is 0.302 e. The van der Waals surface area contributed by atoms with Crippen LogP contribution in [0.25, 0.3) is 0 Å². The van der Waals surface area contributed by atoms with Crippen molar-refractivity contribution < 1.29 is 17.9 Å². The van der Waals surface area contributed by atoms with Gasteiger partial charge in [0.1, 0.15) is 5.76 Å². The second-order valence-electron chi connectivity index (χ2n) is 9.00. The van der Waals surface area contributed by atoms with Gasteiger partial charge in [0.2, 0.25) is 0 Å². The zero-order chi connectivity index (χ0) is 25.8. The molecule has 0 saturated heterocycles. The van der Waals surface area contributed by atoms with Crippen molar-refractivity contribution in [3.8, 4) is 0 Å². The van der Waals surface area contributed by atoms with Gasteiger partial charge in [-0.25, -0.2) is 13.4 Å². The van der Waals surface area contributed by atoms with Gasteiger partial charge in [-0.2, -0.15) is 0 Å². The van der Waals surface area contributed by atoms with Crippen LogP contribution < -0.4 is 14.9 Å². The zero-order valence-electron chi connectivity index (χ0n) is 20.5. The van der Waals surface area contributed by atoms with Gasteiger partial charge in [-0.15, -0.1) is 0 Å². The SMILES string of the molecule is Cc1cnc(N2CCc3cc(S(=O)(=O)Nc4ccc(CCNCC(O)c5cccnc5)cc4)ccc32)o1. The average molecular weight is 520 g/mol. The predicted octanol–water partition coefficient (Wildman–Crippen LogP) is 3.74. The molecule has 0 radical (unpaired) electrons. The molecule has 4 aromatic rings. The van der Waals surface area contributed by atoms with E-state index in [2.05, 4.69) is 20.0 Å². The Hall–Kier alpha value is -3.73. The molecule has 10 heteroatoms. The number of benzene rings is 2. The van der Waals surface area contributed by atoms with E-state index in [4.69, 9.17) is 4.42 Å². The molecule has 0 saturated carbocycles. The van der Waals surface area contributed by atoms with Crippen LogP contribution in [-0.2, 0) is 22.9 Å². The molecule has 0 fully saturated rings. The lowest BCUT2D eigenvalue weighted by Crippen LogP contribution is -2.23. The first-order valence-electron chi connectivity index (χ1n) is 12.1. The quantitative estimate of drug-likeness (QED) is 0.271. The van der Waals surface area contributed by atoms with E-state index in [9.17, 15) is 13.5 Å². The van der Waals surface area contributed by atoms with E-state index in [0.29, 0.717) is 37.8 Å². The van der Waals surface area contributed by atoms with Crippen LogP contribution in [0.4, 0.5) is 17.4 Å². The third kappa shape index (κ3) is 5.82. The van der Waals surface area contributed by atoms with Crippen molar-refractivity contribution in [2.75, 3.05) is 29.3 Å². The molecule has 3 heterocycles. The molecule has 3 N–H and O–H groups in total. The zero-order valence-corrected chi connectivity index (χ0v) is 21.3. The van der Waals surface area contributed by atoms with Crippen molar-refractivity contribution in [1.82, 2.24) is 15.3 Å². The minimum atomic E-state index is -3.74. The summed E-state index contributed by atoms with van der Waals surface area (Å²) in [5.41, 5.74) is 4.19. The molecule has 2 aromatic heterocycles. The minimum absolute atomic E-state index is 0.220. The first-order valence-corrected chi connectivity index (χ1v) is 13.6. The average Bonchev–Trinajstić information content (AvgIpc) is 3.53. The Kier molecular flexibility index (Phi) is 7.22. The number of hydrogen-bond donors (Lipinski definition) is 3. The van der Waals surface area contributed by atoms with Crippen LogP contribution in [0.2, 0.25) is 0 Å². The normalized spacial score (nSPS) is 13.9. The van der Waals surface area contributed by atoms with Crippen molar-refractivity contribution in [1.29, 1.82) is 0 Å². The van der Waals surface area contributed by atoms with Crippen molar-refractivity contribution in [3.63, 3.8) is 0 Å². The van der Waals surface area contributed by atoms with Gasteiger partial charge in [-0.05, 0) is 73.8 Å². The van der Waals surface area contributed by atoms with Gasteiger partial charge >= 0.3 is 6.01 Å². The number of sulfonamides is 1. The summed E-state index contributed by atoms with van der Waals surface area (Å²) in [6.45, 7) is 3.64. The van der Waals surface area contributed by atoms with E-state index in [1.807, 2.05) is 30.0 Å². The molecule has 1 unspecified atom stereocenters. The van der Waals surface area contributed by atoms with E-state index in [-0.39, 0.29) is 4.90 Å². The summed E-state index contributed by atoms with van der Waals surface area (Å²) in [7, 11) is -3.74. The monoisotopic (exact) mass is 519 g/mol. The standard InChI is InChI=1S/C27H29N5O4S/c1-19-16-30-27(36-19)32-14-11-21-15-24(8-9-25(21)32)37(34,35)31-23-6-4-20(5-7-23)10-13-29-18-26(33)22-3-2-12-28-17-22/h2-9,12,15-17,26,29,31,33H,10-11,13-14,18H2,1H3. The van der Waals surface area contributed by atoms with Gasteiger partial charge in [-0.1, -0.05) is 18.2 Å². The highest BCUT2D eigenvalue weighted by Gasteiger charge is 2.26. The smallest absolute Gasteiger partial charge is 0.302 e. The van der Waals surface area contributed by atoms with E-state index in [1.165, 1.54) is 0 Å². The minimum Gasteiger partial charge on any atom is -0.429 e. The lowest BCUT2D eigenvalue weighted by Gasteiger charge is -2.15. The van der Waals surface area contributed by atoms with Crippen molar-refractivity contribution >= 4 is 27.4 Å². The molecule has 9 nitrogen and oxygen atoms in total. The van der Waals surface area contributed by atoms with Crippen LogP contribution in [0.5, 0.6) is 0 Å². The number of aryl methyl sites for hydroxylation is 1. The molecule has 0 bridgehead atoms. The third-order valence-corrected chi connectivity index (χ3v) is 7.68. The number of anilines is 3. The largest absolute Gasteiger partial charge is 0.429 e. The Morgan fingerprint density at radius 3 is 2.70 bits per heavy atom. The summed E-state index contributed by atoms with van der Waals surface area (Å²) >= 11 is 0. The van der Waals surface area contributed by atoms with Crippen LogP contribution in [-0.4, -0.2) is 43.1 Å². The first-order chi connectivity index (χ1) is 17.9. The molecule has 1 aliphatic heterocycles. The number of aliphatic hydroxyl groups is 1. The number of nitrogens with one attached hydrogen (secondary N) is 2. The molecular weight excluding hydrogens is 490 g/mol. The van der Waals surface area contributed by atoms with E-state index >= 15 is 0 Å². The van der Waals surface area contributed by atoms with E-state index in [0.717, 1.165) is 34.6 Å². The van der Waals surface area contributed by atoms with E-state index < -0.39 is 16.1 Å². The molecule has 0 aliphatic carbocycles.